The quantitative estimate of drug-likeness (QED) is 0.820. The third-order valence-electron chi connectivity index (χ3n) is 4.72. The molecular weight excluding hydrogens is 328 g/mol. The third kappa shape index (κ3) is 4.66. The Labute approximate surface area is 153 Å². The Balaban J connectivity index is 1.68. The van der Waals surface area contributed by atoms with Gasteiger partial charge in [0.1, 0.15) is 6.61 Å². The van der Waals surface area contributed by atoms with Gasteiger partial charge in [-0.05, 0) is 35.4 Å². The molecule has 3 rings (SSSR count). The molecular formula is C20H22N4O2. The second-order valence-corrected chi connectivity index (χ2v) is 6.63. The number of carbonyl (C=O) groups is 1. The Bertz CT molecular complexity index is 771. The van der Waals surface area contributed by atoms with E-state index in [1.807, 2.05) is 36.4 Å². The van der Waals surface area contributed by atoms with Crippen LogP contribution >= 0.6 is 0 Å². The number of nitrogens with two attached hydrogens (primary N) is 1. The predicted molar refractivity (Wildman–Crippen MR) is 96.9 cm³/mol. The average Bonchev–Trinajstić information content (AvgIpc) is 3.05. The monoisotopic (exact) mass is 350 g/mol. The first-order chi connectivity index (χ1) is 12.7. The number of nitriles is 1. The summed E-state index contributed by atoms with van der Waals surface area (Å²) in [7, 11) is 0. The van der Waals surface area contributed by atoms with E-state index < -0.39 is 5.91 Å². The largest absolute Gasteiger partial charge is 0.371 e. The van der Waals surface area contributed by atoms with E-state index in [0.717, 1.165) is 19.6 Å². The summed E-state index contributed by atoms with van der Waals surface area (Å²) in [5, 5.41) is 8.92. The first kappa shape index (κ1) is 18.1. The standard InChI is InChI=1S/C20H22N4O2/c21-9-15-1-3-16(4-2-15)10-24-11-18(13-26-14-20(22)25)19(12-24)17-5-7-23-8-6-17/h1-8,18-19H,10-14H2,(H2,22,25)/t18-,19-/m0/s1. The molecule has 1 saturated heterocycles. The van der Waals surface area contributed by atoms with E-state index in [0.29, 0.717) is 18.1 Å². The van der Waals surface area contributed by atoms with E-state index in [-0.39, 0.29) is 12.5 Å². The smallest absolute Gasteiger partial charge is 0.243 e. The summed E-state index contributed by atoms with van der Waals surface area (Å²) >= 11 is 0. The van der Waals surface area contributed by atoms with Gasteiger partial charge in [-0.15, -0.1) is 0 Å². The lowest BCUT2D eigenvalue weighted by Crippen LogP contribution is -2.24. The molecule has 2 N–H and O–H groups in total. The van der Waals surface area contributed by atoms with E-state index in [4.69, 9.17) is 15.7 Å². The van der Waals surface area contributed by atoms with Gasteiger partial charge >= 0.3 is 0 Å². The lowest BCUT2D eigenvalue weighted by atomic mass is 9.90. The number of likely N-dealkylation sites (tertiary alicyclic amines) is 1. The number of primary amides is 1. The Morgan fingerprint density at radius 2 is 1.96 bits per heavy atom. The van der Waals surface area contributed by atoms with Gasteiger partial charge in [-0.25, -0.2) is 0 Å². The molecule has 134 valence electrons. The molecule has 0 radical (unpaired) electrons. The molecule has 0 saturated carbocycles. The molecule has 6 nitrogen and oxygen atoms in total. The topological polar surface area (TPSA) is 92.2 Å². The number of ether oxygens (including phenoxy) is 1. The highest BCUT2D eigenvalue weighted by Gasteiger charge is 2.33. The van der Waals surface area contributed by atoms with E-state index in [2.05, 4.69) is 16.0 Å². The SMILES string of the molecule is N#Cc1ccc(CN2C[C@@H](COCC(N)=O)[C@H](c3ccncc3)C2)cc1. The van der Waals surface area contributed by atoms with Gasteiger partial charge in [0.15, 0.2) is 0 Å². The van der Waals surface area contributed by atoms with Crippen LogP contribution in [0.25, 0.3) is 0 Å². The molecule has 1 aromatic heterocycles. The van der Waals surface area contributed by atoms with Crippen molar-refractivity contribution in [2.24, 2.45) is 11.7 Å². The van der Waals surface area contributed by atoms with Crippen molar-refractivity contribution >= 4 is 5.91 Å². The molecule has 2 aromatic rings. The minimum Gasteiger partial charge on any atom is -0.371 e. The summed E-state index contributed by atoms with van der Waals surface area (Å²) < 4.78 is 5.51. The van der Waals surface area contributed by atoms with Gasteiger partial charge in [0.25, 0.3) is 0 Å². The van der Waals surface area contributed by atoms with Gasteiger partial charge in [-0.2, -0.15) is 5.26 Å². The van der Waals surface area contributed by atoms with Gasteiger partial charge < -0.3 is 10.5 Å². The highest BCUT2D eigenvalue weighted by atomic mass is 16.5. The third-order valence-corrected chi connectivity index (χ3v) is 4.72. The number of hydrogen-bond acceptors (Lipinski definition) is 5. The van der Waals surface area contributed by atoms with Crippen LogP contribution in [-0.2, 0) is 16.1 Å². The van der Waals surface area contributed by atoms with Crippen LogP contribution in [0.5, 0.6) is 0 Å². The summed E-state index contributed by atoms with van der Waals surface area (Å²) in [6, 6.07) is 13.9. The molecule has 6 heteroatoms. The summed E-state index contributed by atoms with van der Waals surface area (Å²) in [6.45, 7) is 3.06. The average molecular weight is 350 g/mol. The normalized spacial score (nSPS) is 20.0. The molecule has 26 heavy (non-hydrogen) atoms. The molecule has 1 aliphatic heterocycles. The lowest BCUT2D eigenvalue weighted by Gasteiger charge is -2.18. The highest BCUT2D eigenvalue weighted by Crippen LogP contribution is 2.33. The van der Waals surface area contributed by atoms with Gasteiger partial charge in [0, 0.05) is 43.9 Å². The van der Waals surface area contributed by atoms with Crippen molar-refractivity contribution in [1.29, 1.82) is 5.26 Å². The number of hydrogen-bond donors (Lipinski definition) is 1. The molecule has 1 fully saturated rings. The molecule has 1 amide bonds. The van der Waals surface area contributed by atoms with Crippen molar-refractivity contribution in [3.05, 3.63) is 65.5 Å². The van der Waals surface area contributed by atoms with Crippen LogP contribution in [0.4, 0.5) is 0 Å². The van der Waals surface area contributed by atoms with E-state index in [1.165, 1.54) is 11.1 Å². The van der Waals surface area contributed by atoms with E-state index in [9.17, 15) is 4.79 Å². The van der Waals surface area contributed by atoms with Crippen LogP contribution in [0, 0.1) is 17.2 Å². The molecule has 1 aliphatic rings. The van der Waals surface area contributed by atoms with Crippen LogP contribution in [0.2, 0.25) is 0 Å². The van der Waals surface area contributed by atoms with Crippen molar-refractivity contribution in [3.8, 4) is 6.07 Å². The Morgan fingerprint density at radius 3 is 2.62 bits per heavy atom. The van der Waals surface area contributed by atoms with Gasteiger partial charge in [0.2, 0.25) is 5.91 Å². The fourth-order valence-electron chi connectivity index (χ4n) is 3.50. The van der Waals surface area contributed by atoms with Gasteiger partial charge in [0.05, 0.1) is 18.2 Å². The number of amides is 1. The van der Waals surface area contributed by atoms with Crippen LogP contribution in [0.1, 0.15) is 22.6 Å². The summed E-state index contributed by atoms with van der Waals surface area (Å²) in [4.78, 5) is 17.4. The number of nitrogens with zero attached hydrogens (tertiary/aromatic N) is 3. The first-order valence-corrected chi connectivity index (χ1v) is 8.63. The zero-order chi connectivity index (χ0) is 18.4. The van der Waals surface area contributed by atoms with Crippen molar-refractivity contribution in [2.75, 3.05) is 26.3 Å². The molecule has 0 unspecified atom stereocenters. The Morgan fingerprint density at radius 1 is 1.23 bits per heavy atom. The fraction of sp³-hybridized carbons (Fsp3) is 0.350. The Hall–Kier alpha value is -2.75. The second-order valence-electron chi connectivity index (χ2n) is 6.63. The summed E-state index contributed by atoms with van der Waals surface area (Å²) in [5.74, 6) is 0.164. The fourth-order valence-corrected chi connectivity index (χ4v) is 3.50. The first-order valence-electron chi connectivity index (χ1n) is 8.63. The van der Waals surface area contributed by atoms with E-state index in [1.54, 1.807) is 12.4 Å². The molecule has 2 heterocycles. The lowest BCUT2D eigenvalue weighted by molar-refractivity contribution is -0.122. The molecule has 0 bridgehead atoms. The van der Waals surface area contributed by atoms with Crippen LogP contribution in [0.15, 0.2) is 48.8 Å². The number of aromatic nitrogens is 1. The number of carbonyl (C=O) groups excluding carboxylic acids is 1. The minimum absolute atomic E-state index is 0.0464. The van der Waals surface area contributed by atoms with Gasteiger partial charge in [-0.3, -0.25) is 14.7 Å². The predicted octanol–water partition coefficient (Wildman–Crippen LogP) is 1.67. The molecule has 0 spiro atoms. The van der Waals surface area contributed by atoms with Crippen molar-refractivity contribution in [2.45, 2.75) is 12.5 Å². The maximum Gasteiger partial charge on any atom is 0.243 e. The maximum atomic E-state index is 10.9. The second kappa shape index (κ2) is 8.56. The number of pyridine rings is 1. The summed E-state index contributed by atoms with van der Waals surface area (Å²) in [5.41, 5.74) is 8.25. The van der Waals surface area contributed by atoms with Crippen LogP contribution in [-0.4, -0.2) is 42.1 Å². The zero-order valence-corrected chi connectivity index (χ0v) is 14.5. The minimum atomic E-state index is -0.446. The summed E-state index contributed by atoms with van der Waals surface area (Å²) in [6.07, 6.45) is 3.61. The number of rotatable bonds is 7. The molecule has 0 aliphatic carbocycles. The molecule has 2 atom stereocenters. The molecule has 1 aromatic carbocycles. The van der Waals surface area contributed by atoms with Crippen LogP contribution in [0.3, 0.4) is 0 Å². The van der Waals surface area contributed by atoms with Crippen molar-refractivity contribution in [3.63, 3.8) is 0 Å². The zero-order valence-electron chi connectivity index (χ0n) is 14.5. The van der Waals surface area contributed by atoms with Gasteiger partial charge in [-0.1, -0.05) is 12.1 Å². The maximum absolute atomic E-state index is 10.9. The Kier molecular flexibility index (Phi) is 5.95. The van der Waals surface area contributed by atoms with Crippen molar-refractivity contribution < 1.29 is 9.53 Å². The van der Waals surface area contributed by atoms with Crippen LogP contribution < -0.4 is 5.73 Å². The van der Waals surface area contributed by atoms with Crippen molar-refractivity contribution in [1.82, 2.24) is 9.88 Å². The van der Waals surface area contributed by atoms with E-state index >= 15 is 0 Å². The number of benzene rings is 1. The highest BCUT2D eigenvalue weighted by molar-refractivity contribution is 5.74.